The molecule has 2 N–H and O–H groups in total. The van der Waals surface area contributed by atoms with E-state index < -0.39 is 0 Å². The quantitative estimate of drug-likeness (QED) is 0.563. The molecule has 2 aromatic heterocycles. The lowest BCUT2D eigenvalue weighted by molar-refractivity contribution is -0.120. The number of hydrogen-bond acceptors (Lipinski definition) is 5. The van der Waals surface area contributed by atoms with Gasteiger partial charge in [0.25, 0.3) is 0 Å². The third-order valence-electron chi connectivity index (χ3n) is 3.81. The first-order valence-electron chi connectivity index (χ1n) is 8.71. The summed E-state index contributed by atoms with van der Waals surface area (Å²) >= 11 is 0. The first-order valence-corrected chi connectivity index (χ1v) is 8.71. The molecule has 0 spiro atoms. The molecule has 0 aliphatic heterocycles. The van der Waals surface area contributed by atoms with Crippen molar-refractivity contribution in [3.8, 4) is 16.9 Å². The van der Waals surface area contributed by atoms with E-state index in [1.54, 1.807) is 23.1 Å². The highest BCUT2D eigenvalue weighted by atomic mass is 16.5. The Bertz CT molecular complexity index is 864. The Hall–Kier alpha value is -3.19. The molecule has 3 rings (SSSR count). The van der Waals surface area contributed by atoms with Crippen molar-refractivity contribution >= 4 is 5.91 Å². The Morgan fingerprint density at radius 2 is 2.22 bits per heavy atom. The molecular weight excluding hydrogens is 342 g/mol. The van der Waals surface area contributed by atoms with Crippen LogP contribution in [-0.2, 0) is 18.4 Å². The van der Waals surface area contributed by atoms with Gasteiger partial charge in [-0.05, 0) is 42.0 Å². The Morgan fingerprint density at radius 3 is 3.00 bits per heavy atom. The zero-order valence-electron chi connectivity index (χ0n) is 15.2. The van der Waals surface area contributed by atoms with Gasteiger partial charge >= 0.3 is 0 Å². The molecule has 0 aliphatic rings. The maximum atomic E-state index is 11.8. The fourth-order valence-corrected chi connectivity index (χ4v) is 2.50. The first-order chi connectivity index (χ1) is 13.2. The van der Waals surface area contributed by atoms with Gasteiger partial charge in [-0.15, -0.1) is 0 Å². The molecular formula is C20H22N5O2. The van der Waals surface area contributed by atoms with Gasteiger partial charge in [0.2, 0.25) is 5.91 Å². The van der Waals surface area contributed by atoms with Crippen LogP contribution in [0.25, 0.3) is 11.1 Å². The van der Waals surface area contributed by atoms with Crippen molar-refractivity contribution in [2.45, 2.75) is 6.54 Å². The Labute approximate surface area is 158 Å². The predicted octanol–water partition coefficient (Wildman–Crippen LogP) is 1.57. The number of amides is 1. The lowest BCUT2D eigenvalue weighted by atomic mass is 10.1. The number of carbonyl (C=O) groups excluding carboxylic acids is 1. The van der Waals surface area contributed by atoms with Crippen LogP contribution < -0.4 is 15.4 Å². The minimum atomic E-state index is -0.0785. The second kappa shape index (κ2) is 9.49. The number of hydrogen-bond donors (Lipinski definition) is 2. The number of nitrogens with one attached hydrogen (secondary N) is 2. The van der Waals surface area contributed by atoms with Crippen molar-refractivity contribution in [1.82, 2.24) is 25.4 Å². The maximum absolute atomic E-state index is 11.8. The van der Waals surface area contributed by atoms with E-state index in [0.29, 0.717) is 25.4 Å². The molecule has 7 nitrogen and oxygen atoms in total. The molecule has 0 saturated carbocycles. The van der Waals surface area contributed by atoms with Crippen LogP contribution in [0.4, 0.5) is 0 Å². The summed E-state index contributed by atoms with van der Waals surface area (Å²) < 4.78 is 7.45. The summed E-state index contributed by atoms with van der Waals surface area (Å²) in [6.07, 6.45) is 5.46. The number of ether oxygens (including phenoxy) is 1. The van der Waals surface area contributed by atoms with E-state index in [1.165, 1.54) is 0 Å². The molecule has 0 unspecified atom stereocenters. The van der Waals surface area contributed by atoms with Crippen molar-refractivity contribution in [3.05, 3.63) is 66.7 Å². The van der Waals surface area contributed by atoms with Crippen LogP contribution in [0.2, 0.25) is 0 Å². The predicted molar refractivity (Wildman–Crippen MR) is 102 cm³/mol. The third kappa shape index (κ3) is 5.93. The van der Waals surface area contributed by atoms with Gasteiger partial charge in [-0.25, -0.2) is 0 Å². The average molecular weight is 364 g/mol. The highest BCUT2D eigenvalue weighted by Gasteiger charge is 2.04. The van der Waals surface area contributed by atoms with E-state index >= 15 is 0 Å². The average Bonchev–Trinajstić information content (AvgIpc) is 3.13. The summed E-state index contributed by atoms with van der Waals surface area (Å²) in [6.45, 7) is 1.61. The van der Waals surface area contributed by atoms with E-state index in [9.17, 15) is 4.79 Å². The number of pyridine rings is 1. The van der Waals surface area contributed by atoms with Crippen molar-refractivity contribution in [2.24, 2.45) is 7.05 Å². The van der Waals surface area contributed by atoms with E-state index in [-0.39, 0.29) is 12.5 Å². The number of nitrogens with zero attached hydrogens (tertiary/aromatic N) is 3. The maximum Gasteiger partial charge on any atom is 0.234 e. The van der Waals surface area contributed by atoms with Gasteiger partial charge in [-0.3, -0.25) is 14.5 Å². The number of rotatable bonds is 9. The summed E-state index contributed by atoms with van der Waals surface area (Å²) in [5.41, 5.74) is 2.90. The van der Waals surface area contributed by atoms with Gasteiger partial charge in [0, 0.05) is 31.5 Å². The SMILES string of the molecule is Cn1cc(-c2c[c]cc(OCCNC(=O)CNCc3ccccn3)c2)cn1. The number of aromatic nitrogens is 3. The monoisotopic (exact) mass is 364 g/mol. The molecule has 0 atom stereocenters. The molecule has 0 bridgehead atoms. The molecule has 1 aromatic carbocycles. The van der Waals surface area contributed by atoms with Crippen LogP contribution in [-0.4, -0.2) is 40.4 Å². The minimum Gasteiger partial charge on any atom is -0.492 e. The van der Waals surface area contributed by atoms with Gasteiger partial charge < -0.3 is 15.4 Å². The van der Waals surface area contributed by atoms with Crippen LogP contribution in [0.3, 0.4) is 0 Å². The minimum absolute atomic E-state index is 0.0785. The second-order valence-electron chi connectivity index (χ2n) is 5.98. The molecule has 7 heteroatoms. The zero-order valence-corrected chi connectivity index (χ0v) is 15.2. The third-order valence-corrected chi connectivity index (χ3v) is 3.81. The molecule has 1 radical (unpaired) electrons. The van der Waals surface area contributed by atoms with E-state index in [1.807, 2.05) is 43.6 Å². The smallest absolute Gasteiger partial charge is 0.234 e. The lowest BCUT2D eigenvalue weighted by Gasteiger charge is -2.09. The standard InChI is InChI=1S/C20H22N5O2/c1-25-15-17(12-24-25)16-5-4-7-19(11-16)27-10-9-23-20(26)14-21-13-18-6-2-3-8-22-18/h2-3,5-8,11-12,15,21H,9-10,13-14H2,1H3,(H,23,26). The van der Waals surface area contributed by atoms with Crippen LogP contribution in [0.5, 0.6) is 5.75 Å². The fourth-order valence-electron chi connectivity index (χ4n) is 2.50. The van der Waals surface area contributed by atoms with Crippen LogP contribution in [0.15, 0.2) is 55.0 Å². The summed E-state index contributed by atoms with van der Waals surface area (Å²) in [5.74, 6) is 0.629. The van der Waals surface area contributed by atoms with Crippen molar-refractivity contribution in [3.63, 3.8) is 0 Å². The molecule has 3 aromatic rings. The molecule has 139 valence electrons. The molecule has 2 heterocycles. The van der Waals surface area contributed by atoms with Crippen LogP contribution in [0, 0.1) is 6.07 Å². The molecule has 1 amide bonds. The first kappa shape index (κ1) is 18.6. The van der Waals surface area contributed by atoms with Gasteiger partial charge in [0.05, 0.1) is 25.0 Å². The number of carbonyl (C=O) groups is 1. The Kier molecular flexibility index (Phi) is 6.54. The summed E-state index contributed by atoms with van der Waals surface area (Å²) in [7, 11) is 1.88. The van der Waals surface area contributed by atoms with Gasteiger partial charge in [0.1, 0.15) is 12.4 Å². The normalized spacial score (nSPS) is 10.6. The van der Waals surface area contributed by atoms with Crippen LogP contribution in [0.1, 0.15) is 5.69 Å². The van der Waals surface area contributed by atoms with E-state index in [0.717, 1.165) is 16.8 Å². The summed E-state index contributed by atoms with van der Waals surface area (Å²) in [6, 6.07) is 14.4. The molecule has 0 fully saturated rings. The van der Waals surface area contributed by atoms with Crippen molar-refractivity contribution in [1.29, 1.82) is 0 Å². The van der Waals surface area contributed by atoms with Gasteiger partial charge in [-0.2, -0.15) is 5.10 Å². The zero-order chi connectivity index (χ0) is 18.9. The van der Waals surface area contributed by atoms with Crippen molar-refractivity contribution in [2.75, 3.05) is 19.7 Å². The van der Waals surface area contributed by atoms with Crippen molar-refractivity contribution < 1.29 is 9.53 Å². The summed E-state index contributed by atoms with van der Waals surface area (Å²) in [4.78, 5) is 16.0. The summed E-state index contributed by atoms with van der Waals surface area (Å²) in [5, 5.41) is 10.0. The van der Waals surface area contributed by atoms with E-state index in [2.05, 4.69) is 26.8 Å². The number of benzene rings is 1. The molecule has 0 saturated heterocycles. The lowest BCUT2D eigenvalue weighted by Crippen LogP contribution is -2.35. The highest BCUT2D eigenvalue weighted by molar-refractivity contribution is 5.77. The number of aryl methyl sites for hydroxylation is 1. The molecule has 27 heavy (non-hydrogen) atoms. The topological polar surface area (TPSA) is 81.1 Å². The second-order valence-corrected chi connectivity index (χ2v) is 5.98. The fraction of sp³-hybridized carbons (Fsp3) is 0.250. The van der Waals surface area contributed by atoms with Gasteiger partial charge in [-0.1, -0.05) is 6.07 Å². The Balaban J connectivity index is 1.35. The highest BCUT2D eigenvalue weighted by Crippen LogP contribution is 2.22. The largest absolute Gasteiger partial charge is 0.492 e. The van der Waals surface area contributed by atoms with E-state index in [4.69, 9.17) is 4.74 Å². The van der Waals surface area contributed by atoms with Crippen LogP contribution >= 0.6 is 0 Å². The molecule has 0 aliphatic carbocycles. The van der Waals surface area contributed by atoms with Gasteiger partial charge in [0.15, 0.2) is 0 Å². The Morgan fingerprint density at radius 1 is 1.30 bits per heavy atom.